The molecule has 2 aromatic heterocycles. The number of carbonyl (C=O) groups excluding carboxylic acids is 1. The monoisotopic (exact) mass is 372 g/mol. The fraction of sp³-hybridized carbons (Fsp3) is 0.333. The van der Waals surface area contributed by atoms with Crippen LogP contribution in [0.2, 0.25) is 0 Å². The zero-order valence-electron chi connectivity index (χ0n) is 14.3. The van der Waals surface area contributed by atoms with Crippen LogP contribution < -0.4 is 10.2 Å². The summed E-state index contributed by atoms with van der Waals surface area (Å²) in [6.45, 7) is 7.31. The molecule has 5 nitrogen and oxygen atoms in total. The summed E-state index contributed by atoms with van der Waals surface area (Å²) in [5.74, 6) is 0. The topological polar surface area (TPSA) is 48.5 Å². The SMILES string of the molecule is Cc1ccc2sc(N3CCN(C(=O)Nc4cccs4)CC3)nc2c1C. The molecule has 1 aliphatic rings. The minimum atomic E-state index is -0.0159. The average molecular weight is 373 g/mol. The number of hydrogen-bond acceptors (Lipinski definition) is 5. The molecule has 3 heterocycles. The normalized spacial score (nSPS) is 15.0. The summed E-state index contributed by atoms with van der Waals surface area (Å²) in [7, 11) is 0. The van der Waals surface area contributed by atoms with Crippen molar-refractivity contribution in [2.24, 2.45) is 0 Å². The highest BCUT2D eigenvalue weighted by atomic mass is 32.1. The molecule has 0 spiro atoms. The van der Waals surface area contributed by atoms with E-state index in [-0.39, 0.29) is 6.03 Å². The number of benzene rings is 1. The van der Waals surface area contributed by atoms with Crippen molar-refractivity contribution in [1.29, 1.82) is 0 Å². The predicted molar refractivity (Wildman–Crippen MR) is 106 cm³/mol. The van der Waals surface area contributed by atoms with Crippen molar-refractivity contribution >= 4 is 49.1 Å². The number of nitrogens with one attached hydrogen (secondary N) is 1. The first-order valence-corrected chi connectivity index (χ1v) is 10.0. The van der Waals surface area contributed by atoms with Crippen LogP contribution in [0.3, 0.4) is 0 Å². The largest absolute Gasteiger partial charge is 0.345 e. The molecule has 0 bridgehead atoms. The molecule has 4 rings (SSSR count). The Kier molecular flexibility index (Phi) is 4.35. The third-order valence-corrected chi connectivity index (χ3v) is 6.53. The van der Waals surface area contributed by atoms with Crippen LogP contribution in [0.5, 0.6) is 0 Å². The van der Waals surface area contributed by atoms with E-state index >= 15 is 0 Å². The lowest BCUT2D eigenvalue weighted by Crippen LogP contribution is -2.50. The Morgan fingerprint density at radius 2 is 1.96 bits per heavy atom. The summed E-state index contributed by atoms with van der Waals surface area (Å²) < 4.78 is 1.23. The van der Waals surface area contributed by atoms with Crippen LogP contribution in [0, 0.1) is 13.8 Å². The summed E-state index contributed by atoms with van der Waals surface area (Å²) in [5, 5.41) is 6.87. The van der Waals surface area contributed by atoms with Gasteiger partial charge in [-0.15, -0.1) is 11.3 Å². The first kappa shape index (κ1) is 16.4. The summed E-state index contributed by atoms with van der Waals surface area (Å²) in [5.41, 5.74) is 3.64. The molecular formula is C18H20N4OS2. The Hall–Kier alpha value is -2.12. The quantitative estimate of drug-likeness (QED) is 0.728. The number of rotatable bonds is 2. The van der Waals surface area contributed by atoms with Gasteiger partial charge in [-0.2, -0.15) is 0 Å². The molecule has 0 unspecified atom stereocenters. The predicted octanol–water partition coefficient (Wildman–Crippen LogP) is 4.33. The highest BCUT2D eigenvalue weighted by molar-refractivity contribution is 7.22. The molecule has 1 fully saturated rings. The van der Waals surface area contributed by atoms with E-state index in [4.69, 9.17) is 4.98 Å². The van der Waals surface area contributed by atoms with E-state index in [9.17, 15) is 4.79 Å². The lowest BCUT2D eigenvalue weighted by molar-refractivity contribution is 0.208. The van der Waals surface area contributed by atoms with Gasteiger partial charge in [0.1, 0.15) is 0 Å². The van der Waals surface area contributed by atoms with Crippen molar-refractivity contribution in [2.45, 2.75) is 13.8 Å². The molecule has 2 amide bonds. The smallest absolute Gasteiger partial charge is 0.322 e. The number of nitrogens with zero attached hydrogens (tertiary/aromatic N) is 3. The van der Waals surface area contributed by atoms with Gasteiger partial charge >= 0.3 is 6.03 Å². The maximum Gasteiger partial charge on any atom is 0.322 e. The van der Waals surface area contributed by atoms with Gasteiger partial charge in [0.2, 0.25) is 0 Å². The fourth-order valence-electron chi connectivity index (χ4n) is 2.98. The fourth-order valence-corrected chi connectivity index (χ4v) is 4.67. The number of hydrogen-bond donors (Lipinski definition) is 1. The Bertz CT molecular complexity index is 895. The molecule has 0 atom stereocenters. The van der Waals surface area contributed by atoms with Gasteiger partial charge in [0, 0.05) is 26.2 Å². The number of thiazole rings is 1. The van der Waals surface area contributed by atoms with Gasteiger partial charge in [0.05, 0.1) is 15.2 Å². The summed E-state index contributed by atoms with van der Waals surface area (Å²) in [4.78, 5) is 21.3. The lowest BCUT2D eigenvalue weighted by Gasteiger charge is -2.34. The van der Waals surface area contributed by atoms with E-state index in [1.54, 1.807) is 22.7 Å². The number of amides is 2. The van der Waals surface area contributed by atoms with E-state index in [0.29, 0.717) is 13.1 Å². The van der Waals surface area contributed by atoms with Crippen LogP contribution in [0.15, 0.2) is 29.6 Å². The molecule has 1 aromatic carbocycles. The van der Waals surface area contributed by atoms with Gasteiger partial charge in [-0.05, 0) is 48.6 Å². The van der Waals surface area contributed by atoms with Crippen molar-refractivity contribution in [1.82, 2.24) is 9.88 Å². The highest BCUT2D eigenvalue weighted by Crippen LogP contribution is 2.32. The van der Waals surface area contributed by atoms with Crippen LogP contribution in [0.4, 0.5) is 14.9 Å². The zero-order chi connectivity index (χ0) is 17.4. The number of aromatic nitrogens is 1. The Morgan fingerprint density at radius 3 is 2.68 bits per heavy atom. The third kappa shape index (κ3) is 3.21. The number of carbonyl (C=O) groups is 1. The van der Waals surface area contributed by atoms with E-state index in [1.807, 2.05) is 22.4 Å². The second-order valence-electron chi connectivity index (χ2n) is 6.23. The van der Waals surface area contributed by atoms with E-state index in [2.05, 4.69) is 36.2 Å². The van der Waals surface area contributed by atoms with Crippen LogP contribution >= 0.6 is 22.7 Å². The molecule has 1 saturated heterocycles. The van der Waals surface area contributed by atoms with Gasteiger partial charge in [0.15, 0.2) is 5.13 Å². The Balaban J connectivity index is 1.43. The highest BCUT2D eigenvalue weighted by Gasteiger charge is 2.23. The van der Waals surface area contributed by atoms with Crippen LogP contribution in [-0.2, 0) is 0 Å². The molecule has 25 heavy (non-hydrogen) atoms. The van der Waals surface area contributed by atoms with E-state index < -0.39 is 0 Å². The molecule has 1 N–H and O–H groups in total. The number of urea groups is 1. The van der Waals surface area contributed by atoms with Crippen LogP contribution in [-0.4, -0.2) is 42.1 Å². The minimum absolute atomic E-state index is 0.0159. The second kappa shape index (κ2) is 6.65. The van der Waals surface area contributed by atoms with Gasteiger partial charge < -0.3 is 9.80 Å². The van der Waals surface area contributed by atoms with E-state index in [1.165, 1.54) is 15.8 Å². The minimum Gasteiger partial charge on any atom is -0.345 e. The maximum atomic E-state index is 12.3. The lowest BCUT2D eigenvalue weighted by atomic mass is 10.1. The molecular weight excluding hydrogens is 352 g/mol. The maximum absolute atomic E-state index is 12.3. The number of thiophene rings is 1. The Morgan fingerprint density at radius 1 is 1.16 bits per heavy atom. The molecule has 0 radical (unpaired) electrons. The summed E-state index contributed by atoms with van der Waals surface area (Å²) >= 11 is 3.28. The van der Waals surface area contributed by atoms with Crippen LogP contribution in [0.1, 0.15) is 11.1 Å². The standard InChI is InChI=1S/C18H20N4OS2/c1-12-5-6-14-16(13(12)2)20-18(25-14)22-9-7-21(8-10-22)17(23)19-15-4-3-11-24-15/h3-6,11H,7-10H2,1-2H3,(H,19,23). The van der Waals surface area contributed by atoms with Crippen molar-refractivity contribution in [3.05, 3.63) is 40.8 Å². The Labute approximate surface area is 154 Å². The van der Waals surface area contributed by atoms with Gasteiger partial charge in [-0.25, -0.2) is 9.78 Å². The van der Waals surface area contributed by atoms with Crippen LogP contribution in [0.25, 0.3) is 10.2 Å². The molecule has 1 aliphatic heterocycles. The molecule has 0 aliphatic carbocycles. The third-order valence-electron chi connectivity index (χ3n) is 4.66. The summed E-state index contributed by atoms with van der Waals surface area (Å²) in [6.07, 6.45) is 0. The first-order valence-electron chi connectivity index (χ1n) is 8.33. The van der Waals surface area contributed by atoms with Crippen molar-refractivity contribution < 1.29 is 4.79 Å². The number of fused-ring (bicyclic) bond motifs is 1. The molecule has 130 valence electrons. The molecule has 3 aromatic rings. The van der Waals surface area contributed by atoms with Crippen molar-refractivity contribution in [3.8, 4) is 0 Å². The molecule has 7 heteroatoms. The van der Waals surface area contributed by atoms with Gasteiger partial charge in [-0.3, -0.25) is 5.32 Å². The number of piperazine rings is 1. The second-order valence-corrected chi connectivity index (χ2v) is 8.19. The zero-order valence-corrected chi connectivity index (χ0v) is 15.9. The first-order chi connectivity index (χ1) is 12.1. The summed E-state index contributed by atoms with van der Waals surface area (Å²) in [6, 6.07) is 8.16. The molecule has 0 saturated carbocycles. The van der Waals surface area contributed by atoms with Gasteiger partial charge in [-0.1, -0.05) is 17.4 Å². The van der Waals surface area contributed by atoms with E-state index in [0.717, 1.165) is 28.7 Å². The number of aryl methyl sites for hydroxylation is 2. The van der Waals surface area contributed by atoms with Crippen molar-refractivity contribution in [2.75, 3.05) is 36.4 Å². The van der Waals surface area contributed by atoms with Crippen molar-refractivity contribution in [3.63, 3.8) is 0 Å². The number of anilines is 2. The van der Waals surface area contributed by atoms with Gasteiger partial charge in [0.25, 0.3) is 0 Å². The average Bonchev–Trinajstić information content (AvgIpc) is 3.28.